The molecule has 0 aromatic carbocycles. The van der Waals surface area contributed by atoms with E-state index in [0.717, 1.165) is 37.2 Å². The Morgan fingerprint density at radius 1 is 1.44 bits per heavy atom. The van der Waals surface area contributed by atoms with E-state index in [1.165, 1.54) is 7.11 Å². The quantitative estimate of drug-likeness (QED) is 0.720. The third-order valence-corrected chi connectivity index (χ3v) is 4.81. The summed E-state index contributed by atoms with van der Waals surface area (Å²) in [7, 11) is 5.37. The molecule has 0 radical (unpaired) electrons. The van der Waals surface area contributed by atoms with Crippen LogP contribution in [0.25, 0.3) is 0 Å². The lowest BCUT2D eigenvalue weighted by atomic mass is 10.2. The second-order valence-corrected chi connectivity index (χ2v) is 6.81. The summed E-state index contributed by atoms with van der Waals surface area (Å²) in [6, 6.07) is 1.81. The number of amides is 1. The lowest BCUT2D eigenvalue weighted by Crippen LogP contribution is -2.46. The third kappa shape index (κ3) is 5.53. The maximum Gasteiger partial charge on any atom is 0.257 e. The van der Waals surface area contributed by atoms with Crippen LogP contribution in [0.5, 0.6) is 5.88 Å². The standard InChI is InChI=1S/C16H26BrN5O2.H2O/c1-5-22-7-6-21(3)9-11(10-22)19-15(23)12-8-13(17)14(18-2)20-16(12)24-4;/h8,11H,5-7,9-10H2,1-4H3,(H,18,20)(H,19,23);1H2. The summed E-state index contributed by atoms with van der Waals surface area (Å²) < 4.78 is 6.01. The lowest BCUT2D eigenvalue weighted by molar-refractivity contribution is 0.0921. The Balaban J connectivity index is 0.00000312. The maximum atomic E-state index is 12.7. The molecule has 1 aromatic rings. The molecule has 0 aliphatic carbocycles. The van der Waals surface area contributed by atoms with E-state index in [-0.39, 0.29) is 17.4 Å². The van der Waals surface area contributed by atoms with Crippen LogP contribution in [0.1, 0.15) is 17.3 Å². The van der Waals surface area contributed by atoms with Gasteiger partial charge in [0.05, 0.1) is 17.6 Å². The Labute approximate surface area is 157 Å². The van der Waals surface area contributed by atoms with Crippen LogP contribution in [0.3, 0.4) is 0 Å². The summed E-state index contributed by atoms with van der Waals surface area (Å²) in [5.41, 5.74) is 0.429. The first-order chi connectivity index (χ1) is 11.5. The van der Waals surface area contributed by atoms with Gasteiger partial charge in [-0.25, -0.2) is 0 Å². The average Bonchev–Trinajstić information content (AvgIpc) is 2.75. The second-order valence-electron chi connectivity index (χ2n) is 5.95. The van der Waals surface area contributed by atoms with Crippen LogP contribution in [0.15, 0.2) is 10.5 Å². The Kier molecular flexibility index (Phi) is 8.57. The summed E-state index contributed by atoms with van der Waals surface area (Å²) in [5, 5.41) is 6.09. The van der Waals surface area contributed by atoms with Crippen LogP contribution < -0.4 is 15.4 Å². The number of pyridine rings is 1. The molecule has 142 valence electrons. The smallest absolute Gasteiger partial charge is 0.257 e. The van der Waals surface area contributed by atoms with Crippen molar-refractivity contribution < 1.29 is 15.0 Å². The van der Waals surface area contributed by atoms with Crippen LogP contribution in [-0.4, -0.2) is 86.1 Å². The molecule has 0 bridgehead atoms. The van der Waals surface area contributed by atoms with Crippen LogP contribution in [0, 0.1) is 0 Å². The molecule has 2 rings (SSSR count). The minimum Gasteiger partial charge on any atom is -0.480 e. The van der Waals surface area contributed by atoms with Crippen molar-refractivity contribution in [2.24, 2.45) is 0 Å². The molecule has 1 aliphatic heterocycles. The number of hydrogen-bond donors (Lipinski definition) is 2. The number of hydrogen-bond acceptors (Lipinski definition) is 6. The highest BCUT2D eigenvalue weighted by Gasteiger charge is 2.24. The van der Waals surface area contributed by atoms with Crippen LogP contribution >= 0.6 is 15.9 Å². The fraction of sp³-hybridized carbons (Fsp3) is 0.625. The summed E-state index contributed by atoms with van der Waals surface area (Å²) >= 11 is 3.43. The molecular weight excluding hydrogens is 390 g/mol. The number of ether oxygens (including phenoxy) is 1. The van der Waals surface area contributed by atoms with Gasteiger partial charge in [0.2, 0.25) is 5.88 Å². The molecule has 1 atom stereocenters. The zero-order valence-corrected chi connectivity index (χ0v) is 16.8. The number of nitrogens with zero attached hydrogens (tertiary/aromatic N) is 3. The molecule has 1 unspecified atom stereocenters. The molecular formula is C16H28BrN5O3. The van der Waals surface area contributed by atoms with Gasteiger partial charge in [-0.1, -0.05) is 6.92 Å². The Morgan fingerprint density at radius 2 is 2.16 bits per heavy atom. The number of likely N-dealkylation sites (N-methyl/N-ethyl adjacent to an activating group) is 2. The molecule has 1 aliphatic rings. The highest BCUT2D eigenvalue weighted by molar-refractivity contribution is 9.10. The SMILES string of the molecule is CCN1CCN(C)CC(NC(=O)c2cc(Br)c(NC)nc2OC)C1.O. The molecule has 0 saturated carbocycles. The highest BCUT2D eigenvalue weighted by Crippen LogP contribution is 2.27. The van der Waals surface area contributed by atoms with Gasteiger partial charge in [-0.3, -0.25) is 4.79 Å². The van der Waals surface area contributed by atoms with Gasteiger partial charge in [-0.2, -0.15) is 4.98 Å². The van der Waals surface area contributed by atoms with E-state index in [1.807, 2.05) is 0 Å². The van der Waals surface area contributed by atoms with Crippen molar-refractivity contribution in [3.8, 4) is 5.88 Å². The van der Waals surface area contributed by atoms with Gasteiger partial charge in [0.1, 0.15) is 11.4 Å². The van der Waals surface area contributed by atoms with E-state index >= 15 is 0 Å². The summed E-state index contributed by atoms with van der Waals surface area (Å²) in [5.74, 6) is 0.781. The third-order valence-electron chi connectivity index (χ3n) is 4.21. The van der Waals surface area contributed by atoms with Gasteiger partial charge in [-0.05, 0) is 35.6 Å². The second kappa shape index (κ2) is 9.91. The van der Waals surface area contributed by atoms with Crippen LogP contribution in [0.4, 0.5) is 5.82 Å². The average molecular weight is 418 g/mol. The number of aromatic nitrogens is 1. The maximum absolute atomic E-state index is 12.7. The molecule has 9 heteroatoms. The van der Waals surface area contributed by atoms with E-state index in [4.69, 9.17) is 4.74 Å². The monoisotopic (exact) mass is 417 g/mol. The minimum atomic E-state index is -0.168. The van der Waals surface area contributed by atoms with Gasteiger partial charge in [0.15, 0.2) is 0 Å². The largest absolute Gasteiger partial charge is 0.480 e. The molecule has 25 heavy (non-hydrogen) atoms. The summed E-state index contributed by atoms with van der Waals surface area (Å²) in [6.07, 6.45) is 0. The van der Waals surface area contributed by atoms with Crippen molar-refractivity contribution >= 4 is 27.7 Å². The number of carbonyl (C=O) groups excluding carboxylic acids is 1. The van der Waals surface area contributed by atoms with Crippen LogP contribution in [-0.2, 0) is 0 Å². The summed E-state index contributed by atoms with van der Waals surface area (Å²) in [6.45, 7) is 6.82. The van der Waals surface area contributed by atoms with E-state index < -0.39 is 0 Å². The van der Waals surface area contributed by atoms with E-state index in [2.05, 4.69) is 55.3 Å². The van der Waals surface area contributed by atoms with Gasteiger partial charge >= 0.3 is 0 Å². The molecule has 1 aromatic heterocycles. The predicted molar refractivity (Wildman–Crippen MR) is 103 cm³/mol. The van der Waals surface area contributed by atoms with Gasteiger partial charge in [-0.15, -0.1) is 0 Å². The van der Waals surface area contributed by atoms with Crippen molar-refractivity contribution in [2.45, 2.75) is 13.0 Å². The zero-order valence-electron chi connectivity index (χ0n) is 15.2. The van der Waals surface area contributed by atoms with Gasteiger partial charge in [0, 0.05) is 33.2 Å². The fourth-order valence-corrected chi connectivity index (χ4v) is 3.36. The number of carbonyl (C=O) groups is 1. The normalized spacial score (nSPS) is 18.8. The molecule has 4 N–H and O–H groups in total. The lowest BCUT2D eigenvalue weighted by Gasteiger charge is -2.24. The van der Waals surface area contributed by atoms with Crippen LogP contribution in [0.2, 0.25) is 0 Å². The van der Waals surface area contributed by atoms with Gasteiger partial charge in [0.25, 0.3) is 5.91 Å². The molecule has 1 fully saturated rings. The number of nitrogens with one attached hydrogen (secondary N) is 2. The highest BCUT2D eigenvalue weighted by atomic mass is 79.9. The first-order valence-corrected chi connectivity index (χ1v) is 8.91. The predicted octanol–water partition coefficient (Wildman–Crippen LogP) is 0.435. The fourth-order valence-electron chi connectivity index (χ4n) is 2.85. The molecule has 1 saturated heterocycles. The minimum absolute atomic E-state index is 0. The molecule has 2 heterocycles. The molecule has 0 spiro atoms. The topological polar surface area (TPSA) is 101 Å². The van der Waals surface area contributed by atoms with E-state index in [0.29, 0.717) is 17.3 Å². The number of methoxy groups -OCH3 is 1. The zero-order chi connectivity index (χ0) is 17.7. The Bertz CT molecular complexity index is 587. The van der Waals surface area contributed by atoms with Crippen molar-refractivity contribution in [2.75, 3.05) is 59.2 Å². The van der Waals surface area contributed by atoms with E-state index in [9.17, 15) is 4.79 Å². The molecule has 8 nitrogen and oxygen atoms in total. The first kappa shape index (κ1) is 21.6. The Morgan fingerprint density at radius 3 is 2.76 bits per heavy atom. The summed E-state index contributed by atoms with van der Waals surface area (Å²) in [4.78, 5) is 21.7. The van der Waals surface area contributed by atoms with Crippen molar-refractivity contribution in [3.05, 3.63) is 16.1 Å². The number of halogens is 1. The molecule has 1 amide bonds. The van der Waals surface area contributed by atoms with Crippen molar-refractivity contribution in [1.29, 1.82) is 0 Å². The Hall–Kier alpha value is -1.42. The van der Waals surface area contributed by atoms with Crippen molar-refractivity contribution in [1.82, 2.24) is 20.1 Å². The van der Waals surface area contributed by atoms with Crippen molar-refractivity contribution in [3.63, 3.8) is 0 Å². The number of anilines is 1. The number of rotatable bonds is 5. The van der Waals surface area contributed by atoms with E-state index in [1.54, 1.807) is 13.1 Å². The van der Waals surface area contributed by atoms with Gasteiger partial charge < -0.3 is 30.6 Å². The first-order valence-electron chi connectivity index (χ1n) is 8.12.